The van der Waals surface area contributed by atoms with Crippen molar-refractivity contribution in [3.63, 3.8) is 0 Å². The van der Waals surface area contributed by atoms with E-state index in [4.69, 9.17) is 10.5 Å². The van der Waals surface area contributed by atoms with E-state index >= 15 is 0 Å². The number of hydrogen-bond donors (Lipinski definition) is 2. The van der Waals surface area contributed by atoms with Crippen LogP contribution in [-0.4, -0.2) is 18.9 Å². The van der Waals surface area contributed by atoms with Crippen LogP contribution in [0.15, 0.2) is 42.5 Å². The van der Waals surface area contributed by atoms with Gasteiger partial charge in [0.25, 0.3) is 5.91 Å². The zero-order valence-electron chi connectivity index (χ0n) is 12.6. The van der Waals surface area contributed by atoms with Gasteiger partial charge in [-0.3, -0.25) is 9.59 Å². The second-order valence-corrected chi connectivity index (χ2v) is 4.98. The lowest BCUT2D eigenvalue weighted by Gasteiger charge is -2.10. The van der Waals surface area contributed by atoms with E-state index in [1.165, 1.54) is 0 Å². The maximum Gasteiger partial charge on any atom is 0.255 e. The number of rotatable bonds is 5. The van der Waals surface area contributed by atoms with E-state index < -0.39 is 5.91 Å². The number of primary amides is 1. The first kappa shape index (κ1) is 15.7. The van der Waals surface area contributed by atoms with Crippen molar-refractivity contribution in [3.05, 3.63) is 64.7 Å². The van der Waals surface area contributed by atoms with E-state index in [-0.39, 0.29) is 5.91 Å². The predicted octanol–water partition coefficient (Wildman–Crippen LogP) is 2.49. The monoisotopic (exact) mass is 298 g/mol. The summed E-state index contributed by atoms with van der Waals surface area (Å²) in [6, 6.07) is 12.1. The molecule has 22 heavy (non-hydrogen) atoms. The quantitative estimate of drug-likeness (QED) is 0.889. The number of aryl methyl sites for hydroxylation is 1. The van der Waals surface area contributed by atoms with Crippen LogP contribution < -0.4 is 11.1 Å². The summed E-state index contributed by atoms with van der Waals surface area (Å²) >= 11 is 0. The first-order valence-electron chi connectivity index (χ1n) is 6.81. The normalized spacial score (nSPS) is 10.3. The highest BCUT2D eigenvalue weighted by atomic mass is 16.5. The van der Waals surface area contributed by atoms with Gasteiger partial charge in [-0.2, -0.15) is 0 Å². The molecule has 0 radical (unpaired) electrons. The van der Waals surface area contributed by atoms with Gasteiger partial charge in [-0.1, -0.05) is 18.2 Å². The van der Waals surface area contributed by atoms with Gasteiger partial charge in [0.15, 0.2) is 0 Å². The molecule has 5 heteroatoms. The lowest BCUT2D eigenvalue weighted by atomic mass is 10.1. The minimum atomic E-state index is -0.528. The first-order chi connectivity index (χ1) is 10.5. The molecular formula is C17H18N2O3. The molecule has 2 amide bonds. The summed E-state index contributed by atoms with van der Waals surface area (Å²) in [6.45, 7) is 2.35. The topological polar surface area (TPSA) is 81.4 Å². The summed E-state index contributed by atoms with van der Waals surface area (Å²) in [4.78, 5) is 23.5. The zero-order valence-corrected chi connectivity index (χ0v) is 12.6. The molecule has 0 saturated heterocycles. The number of hydrogen-bond acceptors (Lipinski definition) is 3. The molecule has 2 aromatic carbocycles. The molecule has 0 atom stereocenters. The minimum absolute atomic E-state index is 0.242. The second kappa shape index (κ2) is 6.87. The van der Waals surface area contributed by atoms with Crippen molar-refractivity contribution in [1.82, 2.24) is 0 Å². The van der Waals surface area contributed by atoms with E-state index in [0.29, 0.717) is 23.4 Å². The number of methoxy groups -OCH3 is 1. The zero-order chi connectivity index (χ0) is 16.1. The Morgan fingerprint density at radius 3 is 2.32 bits per heavy atom. The number of carbonyl (C=O) groups excluding carboxylic acids is 2. The molecule has 0 unspecified atom stereocenters. The highest BCUT2D eigenvalue weighted by molar-refractivity contribution is 6.05. The molecule has 0 spiro atoms. The maximum absolute atomic E-state index is 12.3. The van der Waals surface area contributed by atoms with Crippen molar-refractivity contribution in [2.75, 3.05) is 12.4 Å². The second-order valence-electron chi connectivity index (χ2n) is 4.98. The number of benzene rings is 2. The van der Waals surface area contributed by atoms with E-state index in [0.717, 1.165) is 11.1 Å². The third-order valence-electron chi connectivity index (χ3n) is 3.30. The predicted molar refractivity (Wildman–Crippen MR) is 84.8 cm³/mol. The summed E-state index contributed by atoms with van der Waals surface area (Å²) in [5.41, 5.74) is 8.56. The molecule has 0 aliphatic heterocycles. The molecule has 3 N–H and O–H groups in total. The van der Waals surface area contributed by atoms with Crippen LogP contribution in [0.1, 0.15) is 31.8 Å². The Bertz CT molecular complexity index is 694. The molecule has 2 aromatic rings. The Hall–Kier alpha value is -2.66. The van der Waals surface area contributed by atoms with Gasteiger partial charge in [-0.05, 0) is 42.3 Å². The van der Waals surface area contributed by atoms with Crippen LogP contribution in [0.4, 0.5) is 5.69 Å². The SMILES string of the molecule is COCc1ccc(C(=O)Nc2cc(C(N)=O)ccc2C)cc1. The van der Waals surface area contributed by atoms with Crippen molar-refractivity contribution < 1.29 is 14.3 Å². The number of amides is 2. The summed E-state index contributed by atoms with van der Waals surface area (Å²) < 4.78 is 5.03. The minimum Gasteiger partial charge on any atom is -0.380 e. The number of carbonyl (C=O) groups is 2. The summed E-state index contributed by atoms with van der Waals surface area (Å²) in [7, 11) is 1.62. The smallest absolute Gasteiger partial charge is 0.255 e. The van der Waals surface area contributed by atoms with E-state index in [1.54, 1.807) is 37.4 Å². The van der Waals surface area contributed by atoms with Crippen LogP contribution in [0, 0.1) is 6.92 Å². The van der Waals surface area contributed by atoms with Gasteiger partial charge in [0, 0.05) is 23.9 Å². The molecule has 0 bridgehead atoms. The van der Waals surface area contributed by atoms with Gasteiger partial charge in [-0.15, -0.1) is 0 Å². The van der Waals surface area contributed by atoms with Crippen LogP contribution in [0.3, 0.4) is 0 Å². The molecule has 5 nitrogen and oxygen atoms in total. The van der Waals surface area contributed by atoms with Gasteiger partial charge >= 0.3 is 0 Å². The largest absolute Gasteiger partial charge is 0.380 e. The van der Waals surface area contributed by atoms with E-state index in [9.17, 15) is 9.59 Å². The maximum atomic E-state index is 12.3. The third kappa shape index (κ3) is 3.71. The molecule has 0 heterocycles. The Morgan fingerprint density at radius 2 is 1.73 bits per heavy atom. The van der Waals surface area contributed by atoms with Crippen LogP contribution >= 0.6 is 0 Å². The molecule has 0 fully saturated rings. The first-order valence-corrected chi connectivity index (χ1v) is 6.81. The van der Waals surface area contributed by atoms with E-state index in [1.807, 2.05) is 19.1 Å². The molecule has 0 saturated carbocycles. The van der Waals surface area contributed by atoms with Gasteiger partial charge in [0.2, 0.25) is 5.91 Å². The van der Waals surface area contributed by atoms with Crippen molar-refractivity contribution in [2.24, 2.45) is 5.73 Å². The summed E-state index contributed by atoms with van der Waals surface area (Å²) in [6.07, 6.45) is 0. The molecule has 0 aliphatic rings. The third-order valence-corrected chi connectivity index (χ3v) is 3.30. The molecular weight excluding hydrogens is 280 g/mol. The van der Waals surface area contributed by atoms with Crippen LogP contribution in [0.25, 0.3) is 0 Å². The number of nitrogens with two attached hydrogens (primary N) is 1. The Morgan fingerprint density at radius 1 is 1.09 bits per heavy atom. The highest BCUT2D eigenvalue weighted by Gasteiger charge is 2.10. The highest BCUT2D eigenvalue weighted by Crippen LogP contribution is 2.18. The van der Waals surface area contributed by atoms with Gasteiger partial charge in [0.1, 0.15) is 0 Å². The average molecular weight is 298 g/mol. The Kier molecular flexibility index (Phi) is 4.91. The lowest BCUT2D eigenvalue weighted by molar-refractivity contribution is 0.0996. The van der Waals surface area contributed by atoms with Crippen molar-refractivity contribution in [1.29, 1.82) is 0 Å². The standard InChI is InChI=1S/C17H18N2O3/c1-11-3-6-14(16(18)20)9-15(11)19-17(21)13-7-4-12(5-8-13)10-22-2/h3-9H,10H2,1-2H3,(H2,18,20)(H,19,21). The number of ether oxygens (including phenoxy) is 1. The van der Waals surface area contributed by atoms with Crippen LogP contribution in [0.5, 0.6) is 0 Å². The van der Waals surface area contributed by atoms with Crippen molar-refractivity contribution in [3.8, 4) is 0 Å². The average Bonchev–Trinajstić information content (AvgIpc) is 2.50. The molecule has 114 valence electrons. The van der Waals surface area contributed by atoms with Gasteiger partial charge in [-0.25, -0.2) is 0 Å². The summed E-state index contributed by atoms with van der Waals surface area (Å²) in [5.74, 6) is -0.770. The van der Waals surface area contributed by atoms with Gasteiger partial charge in [0.05, 0.1) is 6.61 Å². The number of anilines is 1. The van der Waals surface area contributed by atoms with Crippen LogP contribution in [0.2, 0.25) is 0 Å². The summed E-state index contributed by atoms with van der Waals surface area (Å²) in [5, 5.41) is 2.80. The van der Waals surface area contributed by atoms with E-state index in [2.05, 4.69) is 5.32 Å². The Balaban J connectivity index is 2.17. The fourth-order valence-corrected chi connectivity index (χ4v) is 2.02. The fourth-order valence-electron chi connectivity index (χ4n) is 2.02. The number of nitrogens with one attached hydrogen (secondary N) is 1. The molecule has 0 aromatic heterocycles. The fraction of sp³-hybridized carbons (Fsp3) is 0.176. The molecule has 2 rings (SSSR count). The Labute approximate surface area is 129 Å². The molecule has 0 aliphatic carbocycles. The lowest BCUT2D eigenvalue weighted by Crippen LogP contribution is -2.15. The van der Waals surface area contributed by atoms with Crippen molar-refractivity contribution >= 4 is 17.5 Å². The van der Waals surface area contributed by atoms with Crippen molar-refractivity contribution in [2.45, 2.75) is 13.5 Å². The van der Waals surface area contributed by atoms with Gasteiger partial charge < -0.3 is 15.8 Å². The van der Waals surface area contributed by atoms with Crippen LogP contribution in [-0.2, 0) is 11.3 Å².